The van der Waals surface area contributed by atoms with Gasteiger partial charge in [0.1, 0.15) is 5.54 Å². The van der Waals surface area contributed by atoms with Gasteiger partial charge in [-0.05, 0) is 34.2 Å². The second-order valence-electron chi connectivity index (χ2n) is 5.52. The number of nitrogens with zero attached hydrogens (tertiary/aromatic N) is 2. The number of piperazine rings is 1. The van der Waals surface area contributed by atoms with Crippen LogP contribution in [0.2, 0.25) is 0 Å². The first kappa shape index (κ1) is 15.4. The number of nitrogens with two attached hydrogens (primary N) is 1. The van der Waals surface area contributed by atoms with Crippen molar-refractivity contribution in [3.05, 3.63) is 0 Å². The molecule has 1 aliphatic rings. The Labute approximate surface area is 110 Å². The van der Waals surface area contributed by atoms with Crippen LogP contribution in [0.3, 0.4) is 0 Å². The summed E-state index contributed by atoms with van der Waals surface area (Å²) in [6.45, 7) is 10.2. The molecule has 0 saturated carbocycles. The summed E-state index contributed by atoms with van der Waals surface area (Å²) in [5, 5.41) is 0. The maximum atomic E-state index is 11.7. The lowest BCUT2D eigenvalue weighted by molar-refractivity contribution is -0.149. The highest BCUT2D eigenvalue weighted by Gasteiger charge is 2.31. The third-order valence-corrected chi connectivity index (χ3v) is 3.73. The van der Waals surface area contributed by atoms with Crippen LogP contribution in [-0.4, -0.2) is 67.2 Å². The van der Waals surface area contributed by atoms with E-state index < -0.39 is 5.54 Å². The molecule has 1 fully saturated rings. The van der Waals surface area contributed by atoms with Crippen LogP contribution in [0.4, 0.5) is 0 Å². The molecule has 1 aliphatic heterocycles. The Kier molecular flexibility index (Phi) is 5.56. The third-order valence-electron chi connectivity index (χ3n) is 3.73. The fraction of sp³-hybridized carbons (Fsp3) is 0.923. The lowest BCUT2D eigenvalue weighted by atomic mass is 9.99. The molecule has 0 aromatic rings. The molecule has 0 aliphatic carbocycles. The normalized spacial score (nSPS) is 25.7. The van der Waals surface area contributed by atoms with Crippen molar-refractivity contribution in [3.8, 4) is 0 Å². The molecular formula is C13H27N3O2. The Bertz CT molecular complexity index is 281. The van der Waals surface area contributed by atoms with Crippen LogP contribution in [0, 0.1) is 0 Å². The van der Waals surface area contributed by atoms with Crippen LogP contribution >= 0.6 is 0 Å². The van der Waals surface area contributed by atoms with Gasteiger partial charge in [0.2, 0.25) is 0 Å². The maximum absolute atomic E-state index is 11.7. The molecule has 2 N–H and O–H groups in total. The largest absolute Gasteiger partial charge is 0.465 e. The Balaban J connectivity index is 2.38. The highest BCUT2D eigenvalue weighted by Crippen LogP contribution is 2.13. The Morgan fingerprint density at radius 1 is 1.50 bits per heavy atom. The van der Waals surface area contributed by atoms with Gasteiger partial charge in [-0.25, -0.2) is 0 Å². The first-order valence-corrected chi connectivity index (χ1v) is 6.75. The minimum Gasteiger partial charge on any atom is -0.465 e. The monoisotopic (exact) mass is 257 g/mol. The molecule has 1 saturated heterocycles. The Hall–Kier alpha value is -0.650. The van der Waals surface area contributed by atoms with Crippen LogP contribution in [0.5, 0.6) is 0 Å². The molecule has 5 nitrogen and oxygen atoms in total. The molecule has 2 atom stereocenters. The van der Waals surface area contributed by atoms with Gasteiger partial charge < -0.3 is 20.3 Å². The van der Waals surface area contributed by atoms with E-state index in [9.17, 15) is 4.79 Å². The molecule has 0 amide bonds. The molecular weight excluding hydrogens is 230 g/mol. The molecule has 0 radical (unpaired) electrons. The first-order valence-electron chi connectivity index (χ1n) is 6.75. The summed E-state index contributed by atoms with van der Waals surface area (Å²) < 4.78 is 4.99. The molecule has 106 valence electrons. The summed E-state index contributed by atoms with van der Waals surface area (Å²) in [4.78, 5) is 16.4. The number of hydrogen-bond donors (Lipinski definition) is 1. The zero-order valence-corrected chi connectivity index (χ0v) is 12.1. The summed E-state index contributed by atoms with van der Waals surface area (Å²) >= 11 is 0. The molecule has 1 rings (SSSR count). The summed E-state index contributed by atoms with van der Waals surface area (Å²) in [7, 11) is 2.15. The van der Waals surface area contributed by atoms with Gasteiger partial charge in [-0.1, -0.05) is 0 Å². The topological polar surface area (TPSA) is 58.8 Å². The zero-order valence-electron chi connectivity index (χ0n) is 12.1. The smallest absolute Gasteiger partial charge is 0.325 e. The lowest BCUT2D eigenvalue weighted by Crippen LogP contribution is -2.53. The average Bonchev–Trinajstić information content (AvgIpc) is 2.31. The molecule has 5 heteroatoms. The Morgan fingerprint density at radius 2 is 2.17 bits per heavy atom. The SMILES string of the molecule is CCOC(=O)C(C)(N)CCN1CCN(C)C(C)C1. The van der Waals surface area contributed by atoms with E-state index in [1.807, 2.05) is 0 Å². The second-order valence-corrected chi connectivity index (χ2v) is 5.52. The molecule has 0 aromatic heterocycles. The summed E-state index contributed by atoms with van der Waals surface area (Å²) in [6.07, 6.45) is 0.641. The minimum absolute atomic E-state index is 0.299. The third kappa shape index (κ3) is 4.23. The van der Waals surface area contributed by atoms with Crippen LogP contribution in [0.1, 0.15) is 27.2 Å². The van der Waals surface area contributed by atoms with Gasteiger partial charge in [-0.2, -0.15) is 0 Å². The molecule has 0 aromatic carbocycles. The summed E-state index contributed by atoms with van der Waals surface area (Å²) in [6, 6.07) is 0.561. The lowest BCUT2D eigenvalue weighted by Gasteiger charge is -2.38. The summed E-state index contributed by atoms with van der Waals surface area (Å²) in [5.74, 6) is -0.299. The van der Waals surface area contributed by atoms with Crippen molar-refractivity contribution >= 4 is 5.97 Å². The van der Waals surface area contributed by atoms with E-state index in [0.29, 0.717) is 19.1 Å². The van der Waals surface area contributed by atoms with E-state index >= 15 is 0 Å². The maximum Gasteiger partial charge on any atom is 0.325 e. The highest BCUT2D eigenvalue weighted by molar-refractivity contribution is 5.79. The van der Waals surface area contributed by atoms with Crippen LogP contribution in [-0.2, 0) is 9.53 Å². The number of carbonyl (C=O) groups excluding carboxylic acids is 1. The predicted octanol–water partition coefficient (Wildman–Crippen LogP) is 0.293. The number of esters is 1. The van der Waals surface area contributed by atoms with Crippen LogP contribution in [0.15, 0.2) is 0 Å². The van der Waals surface area contributed by atoms with Crippen molar-refractivity contribution in [3.63, 3.8) is 0 Å². The fourth-order valence-electron chi connectivity index (χ4n) is 2.12. The number of hydrogen-bond acceptors (Lipinski definition) is 5. The van der Waals surface area contributed by atoms with E-state index in [-0.39, 0.29) is 5.97 Å². The van der Waals surface area contributed by atoms with Crippen molar-refractivity contribution in [1.82, 2.24) is 9.80 Å². The van der Waals surface area contributed by atoms with Crippen molar-refractivity contribution in [2.45, 2.75) is 38.8 Å². The number of carbonyl (C=O) groups is 1. The van der Waals surface area contributed by atoms with E-state index in [1.54, 1.807) is 13.8 Å². The molecule has 2 unspecified atom stereocenters. The van der Waals surface area contributed by atoms with Gasteiger partial charge >= 0.3 is 5.97 Å². The van der Waals surface area contributed by atoms with Crippen molar-refractivity contribution in [2.75, 3.05) is 39.8 Å². The standard InChI is InChI=1S/C13H27N3O2/c1-5-18-12(17)13(3,14)6-7-16-9-8-15(4)11(2)10-16/h11H,5-10,14H2,1-4H3. The zero-order chi connectivity index (χ0) is 13.8. The van der Waals surface area contributed by atoms with E-state index in [2.05, 4.69) is 23.8 Å². The predicted molar refractivity (Wildman–Crippen MR) is 72.4 cm³/mol. The van der Waals surface area contributed by atoms with Crippen LogP contribution in [0.25, 0.3) is 0 Å². The molecule has 0 spiro atoms. The van der Waals surface area contributed by atoms with Gasteiger partial charge in [0.15, 0.2) is 0 Å². The average molecular weight is 257 g/mol. The number of rotatable bonds is 5. The Morgan fingerprint density at radius 3 is 2.72 bits per heavy atom. The van der Waals surface area contributed by atoms with E-state index in [1.165, 1.54) is 0 Å². The van der Waals surface area contributed by atoms with Gasteiger partial charge in [-0.15, -0.1) is 0 Å². The minimum atomic E-state index is -0.872. The van der Waals surface area contributed by atoms with Crippen molar-refractivity contribution < 1.29 is 9.53 Å². The number of likely N-dealkylation sites (N-methyl/N-ethyl adjacent to an activating group) is 1. The van der Waals surface area contributed by atoms with Crippen LogP contribution < -0.4 is 5.73 Å². The summed E-state index contributed by atoms with van der Waals surface area (Å²) in [5.41, 5.74) is 5.14. The molecule has 18 heavy (non-hydrogen) atoms. The van der Waals surface area contributed by atoms with Gasteiger partial charge in [0, 0.05) is 32.2 Å². The fourth-order valence-corrected chi connectivity index (χ4v) is 2.12. The van der Waals surface area contributed by atoms with E-state index in [0.717, 1.165) is 26.2 Å². The molecule has 1 heterocycles. The van der Waals surface area contributed by atoms with Crippen molar-refractivity contribution in [2.24, 2.45) is 5.73 Å². The van der Waals surface area contributed by atoms with E-state index in [4.69, 9.17) is 10.5 Å². The van der Waals surface area contributed by atoms with Gasteiger partial charge in [-0.3, -0.25) is 4.79 Å². The quantitative estimate of drug-likeness (QED) is 0.718. The van der Waals surface area contributed by atoms with Gasteiger partial charge in [0.25, 0.3) is 0 Å². The number of ether oxygens (including phenoxy) is 1. The first-order chi connectivity index (χ1) is 8.36. The second kappa shape index (κ2) is 6.50. The van der Waals surface area contributed by atoms with Gasteiger partial charge in [0.05, 0.1) is 6.61 Å². The highest BCUT2D eigenvalue weighted by atomic mass is 16.5. The van der Waals surface area contributed by atoms with Crippen molar-refractivity contribution in [1.29, 1.82) is 0 Å². The molecule has 0 bridgehead atoms.